The third-order valence-corrected chi connectivity index (χ3v) is 4.90. The number of carbonyl (C=O) groups is 1. The first kappa shape index (κ1) is 22.8. The Bertz CT molecular complexity index is 556. The molecule has 1 aliphatic heterocycles. The molecule has 2 heterocycles. The smallest absolute Gasteiger partial charge is 0.289 e. The van der Waals surface area contributed by atoms with Gasteiger partial charge >= 0.3 is 0 Å². The molecule has 1 aromatic heterocycles. The molecule has 26 heavy (non-hydrogen) atoms. The van der Waals surface area contributed by atoms with Gasteiger partial charge < -0.3 is 24.4 Å². The summed E-state index contributed by atoms with van der Waals surface area (Å²) in [5.41, 5.74) is 0. The maximum atomic E-state index is 12.3. The van der Waals surface area contributed by atoms with Gasteiger partial charge in [0.25, 0.3) is 5.91 Å². The van der Waals surface area contributed by atoms with Crippen LogP contribution in [0.2, 0.25) is 0 Å². The maximum absolute atomic E-state index is 12.3. The minimum atomic E-state index is -0.0391. The molecule has 0 aromatic carbocycles. The second kappa shape index (κ2) is 11.4. The van der Waals surface area contributed by atoms with E-state index in [1.54, 1.807) is 19.2 Å². The molecule has 1 unspecified atom stereocenters. The largest absolute Gasteiger partial charge is 0.459 e. The number of piperazine rings is 1. The summed E-state index contributed by atoms with van der Waals surface area (Å²) in [7, 11) is 3.96. The molecular formula is C18H32IN5O2. The van der Waals surface area contributed by atoms with Gasteiger partial charge in [0.1, 0.15) is 0 Å². The molecule has 8 heteroatoms. The van der Waals surface area contributed by atoms with Crippen LogP contribution in [0.4, 0.5) is 0 Å². The lowest BCUT2D eigenvalue weighted by Crippen LogP contribution is -2.54. The van der Waals surface area contributed by atoms with Crippen LogP contribution < -0.4 is 5.32 Å². The van der Waals surface area contributed by atoms with E-state index >= 15 is 0 Å². The van der Waals surface area contributed by atoms with Crippen molar-refractivity contribution in [2.75, 3.05) is 53.4 Å². The molecular weight excluding hydrogens is 445 g/mol. The summed E-state index contributed by atoms with van der Waals surface area (Å²) < 4.78 is 5.20. The van der Waals surface area contributed by atoms with Crippen LogP contribution in [-0.2, 0) is 0 Å². The van der Waals surface area contributed by atoms with E-state index in [0.717, 1.165) is 38.6 Å². The summed E-state index contributed by atoms with van der Waals surface area (Å²) in [5.74, 6) is 1.27. The van der Waals surface area contributed by atoms with Crippen molar-refractivity contribution in [1.29, 1.82) is 0 Å². The molecule has 0 saturated carbocycles. The quantitative estimate of drug-likeness (QED) is 0.386. The Labute approximate surface area is 173 Å². The summed E-state index contributed by atoms with van der Waals surface area (Å²) in [6, 6.07) is 4.04. The fraction of sp³-hybridized carbons (Fsp3) is 0.667. The molecule has 1 saturated heterocycles. The van der Waals surface area contributed by atoms with Crippen molar-refractivity contribution in [1.82, 2.24) is 20.0 Å². The number of nitrogens with zero attached hydrogens (tertiary/aromatic N) is 4. The fourth-order valence-electron chi connectivity index (χ4n) is 2.89. The third kappa shape index (κ3) is 6.15. The van der Waals surface area contributed by atoms with Crippen LogP contribution in [0.25, 0.3) is 0 Å². The number of amides is 1. The Morgan fingerprint density at radius 1 is 1.35 bits per heavy atom. The first-order chi connectivity index (χ1) is 12.1. The summed E-state index contributed by atoms with van der Waals surface area (Å²) in [5, 5.41) is 3.43. The van der Waals surface area contributed by atoms with Gasteiger partial charge in [0.2, 0.25) is 0 Å². The molecule has 0 spiro atoms. The van der Waals surface area contributed by atoms with Crippen molar-refractivity contribution in [3.8, 4) is 0 Å². The van der Waals surface area contributed by atoms with E-state index in [2.05, 4.69) is 41.0 Å². The molecule has 7 nitrogen and oxygen atoms in total. The van der Waals surface area contributed by atoms with Crippen molar-refractivity contribution >= 4 is 35.8 Å². The van der Waals surface area contributed by atoms with Gasteiger partial charge in [-0.1, -0.05) is 6.92 Å². The Morgan fingerprint density at radius 3 is 2.54 bits per heavy atom. The molecule has 1 aliphatic rings. The van der Waals surface area contributed by atoms with Crippen molar-refractivity contribution in [3.05, 3.63) is 24.2 Å². The molecule has 1 atom stereocenters. The molecule has 0 radical (unpaired) electrons. The van der Waals surface area contributed by atoms with Crippen LogP contribution in [0, 0.1) is 0 Å². The number of rotatable bonds is 6. The summed E-state index contributed by atoms with van der Waals surface area (Å²) in [6.07, 6.45) is 2.68. The van der Waals surface area contributed by atoms with E-state index < -0.39 is 0 Å². The Morgan fingerprint density at radius 2 is 2.00 bits per heavy atom. The molecule has 1 amide bonds. The highest BCUT2D eigenvalue weighted by Gasteiger charge is 2.25. The lowest BCUT2D eigenvalue weighted by molar-refractivity contribution is 0.0657. The molecule has 0 aliphatic carbocycles. The molecule has 2 rings (SSSR count). The van der Waals surface area contributed by atoms with Crippen LogP contribution in [-0.4, -0.2) is 86.0 Å². The van der Waals surface area contributed by atoms with E-state index in [4.69, 9.17) is 4.42 Å². The third-order valence-electron chi connectivity index (χ3n) is 4.90. The monoisotopic (exact) mass is 477 g/mol. The first-order valence-corrected chi connectivity index (χ1v) is 9.05. The summed E-state index contributed by atoms with van der Waals surface area (Å²) in [6.45, 7) is 9.17. The zero-order chi connectivity index (χ0) is 18.2. The average molecular weight is 477 g/mol. The van der Waals surface area contributed by atoms with Gasteiger partial charge in [-0.05, 0) is 32.5 Å². The zero-order valence-corrected chi connectivity index (χ0v) is 18.6. The molecule has 0 bridgehead atoms. The van der Waals surface area contributed by atoms with E-state index in [1.807, 2.05) is 4.90 Å². The SMILES string of the molecule is CCC(C)N(C)CCNC(=NC)N1CCN(C(=O)c2ccco2)CC1.I. The molecule has 148 valence electrons. The average Bonchev–Trinajstić information content (AvgIpc) is 3.18. The van der Waals surface area contributed by atoms with Crippen LogP contribution in [0.1, 0.15) is 30.8 Å². The van der Waals surface area contributed by atoms with Crippen molar-refractivity contribution in [2.24, 2.45) is 4.99 Å². The van der Waals surface area contributed by atoms with Gasteiger partial charge in [0.15, 0.2) is 11.7 Å². The highest BCUT2D eigenvalue weighted by Crippen LogP contribution is 2.09. The standard InChI is InChI=1S/C18H31N5O2.HI/c1-5-15(2)21(4)9-8-20-18(19-3)23-12-10-22(11-13-23)17(24)16-7-6-14-25-16;/h6-7,14-15H,5,8-13H2,1-4H3,(H,19,20);1H. The van der Waals surface area contributed by atoms with Crippen molar-refractivity contribution < 1.29 is 9.21 Å². The Hall–Kier alpha value is -1.29. The van der Waals surface area contributed by atoms with Crippen molar-refractivity contribution in [2.45, 2.75) is 26.3 Å². The molecule has 1 N–H and O–H groups in total. The van der Waals surface area contributed by atoms with Crippen molar-refractivity contribution in [3.63, 3.8) is 0 Å². The highest BCUT2D eigenvalue weighted by atomic mass is 127. The highest BCUT2D eigenvalue weighted by molar-refractivity contribution is 14.0. The minimum Gasteiger partial charge on any atom is -0.459 e. The maximum Gasteiger partial charge on any atom is 0.289 e. The fourth-order valence-corrected chi connectivity index (χ4v) is 2.89. The Balaban J connectivity index is 0.00000338. The number of hydrogen-bond donors (Lipinski definition) is 1. The summed E-state index contributed by atoms with van der Waals surface area (Å²) in [4.78, 5) is 23.1. The normalized spacial score (nSPS) is 16.4. The van der Waals surface area contributed by atoms with Crippen LogP contribution in [0.3, 0.4) is 0 Å². The van der Waals surface area contributed by atoms with Crippen LogP contribution in [0.15, 0.2) is 27.8 Å². The van der Waals surface area contributed by atoms with Gasteiger partial charge in [0.05, 0.1) is 6.26 Å². The topological polar surface area (TPSA) is 64.3 Å². The number of aliphatic imine (C=N–C) groups is 1. The van der Waals surface area contributed by atoms with Crippen LogP contribution >= 0.6 is 24.0 Å². The van der Waals surface area contributed by atoms with Crippen LogP contribution in [0.5, 0.6) is 0 Å². The number of likely N-dealkylation sites (N-methyl/N-ethyl adjacent to an activating group) is 1. The lowest BCUT2D eigenvalue weighted by Gasteiger charge is -2.36. The van der Waals surface area contributed by atoms with E-state index in [0.29, 0.717) is 24.9 Å². The number of halogens is 1. The van der Waals surface area contributed by atoms with E-state index in [-0.39, 0.29) is 29.9 Å². The second-order valence-electron chi connectivity index (χ2n) is 6.47. The van der Waals surface area contributed by atoms with Gasteiger partial charge in [-0.25, -0.2) is 0 Å². The predicted molar refractivity (Wildman–Crippen MR) is 115 cm³/mol. The molecule has 1 aromatic rings. The summed E-state index contributed by atoms with van der Waals surface area (Å²) >= 11 is 0. The van der Waals surface area contributed by atoms with Gasteiger partial charge in [-0.15, -0.1) is 24.0 Å². The van der Waals surface area contributed by atoms with Gasteiger partial charge in [0, 0.05) is 52.4 Å². The first-order valence-electron chi connectivity index (χ1n) is 9.05. The van der Waals surface area contributed by atoms with E-state index in [1.165, 1.54) is 6.26 Å². The zero-order valence-electron chi connectivity index (χ0n) is 16.3. The number of guanidine groups is 1. The predicted octanol–water partition coefficient (Wildman–Crippen LogP) is 1.96. The number of carbonyl (C=O) groups excluding carboxylic acids is 1. The van der Waals surface area contributed by atoms with Gasteiger partial charge in [-0.3, -0.25) is 9.79 Å². The lowest BCUT2D eigenvalue weighted by atomic mass is 10.2. The number of furan rings is 1. The minimum absolute atomic E-state index is 0. The molecule has 1 fully saturated rings. The van der Waals surface area contributed by atoms with E-state index in [9.17, 15) is 4.79 Å². The number of nitrogens with one attached hydrogen (secondary N) is 1. The second-order valence-corrected chi connectivity index (χ2v) is 6.47. The Kier molecular flexibility index (Phi) is 10.0. The number of hydrogen-bond acceptors (Lipinski definition) is 4. The van der Waals surface area contributed by atoms with Gasteiger partial charge in [-0.2, -0.15) is 0 Å².